The van der Waals surface area contributed by atoms with E-state index in [9.17, 15) is 4.79 Å². The van der Waals surface area contributed by atoms with Crippen molar-refractivity contribution in [3.63, 3.8) is 0 Å². The summed E-state index contributed by atoms with van der Waals surface area (Å²) >= 11 is 7.18. The lowest BCUT2D eigenvalue weighted by molar-refractivity contribution is 0.738. The molecule has 2 aromatic heterocycles. The number of nitrogens with zero attached hydrogens (tertiary/aromatic N) is 2. The minimum Gasteiger partial charge on any atom is -0.295 e. The van der Waals surface area contributed by atoms with E-state index in [-0.39, 0.29) is 10.7 Å². The van der Waals surface area contributed by atoms with Gasteiger partial charge in [-0.15, -0.1) is 0 Å². The molecule has 0 saturated carbocycles. The Kier molecular flexibility index (Phi) is 2.65. The Labute approximate surface area is 89.6 Å². The van der Waals surface area contributed by atoms with Crippen molar-refractivity contribution in [2.75, 3.05) is 0 Å². The maximum atomic E-state index is 11.4. The van der Waals surface area contributed by atoms with Gasteiger partial charge in [0.2, 0.25) is 0 Å². The third kappa shape index (κ3) is 2.02. The van der Waals surface area contributed by atoms with Gasteiger partial charge in [-0.1, -0.05) is 11.6 Å². The lowest BCUT2D eigenvalue weighted by Crippen LogP contribution is -2.19. The van der Waals surface area contributed by atoms with E-state index in [0.29, 0.717) is 6.54 Å². The molecule has 0 fully saturated rings. The SMILES string of the molecule is O=c1cc(Cl)ncn1Cc1ccsc1. The summed E-state index contributed by atoms with van der Waals surface area (Å²) in [6.07, 6.45) is 1.46. The molecule has 14 heavy (non-hydrogen) atoms. The quantitative estimate of drug-likeness (QED) is 0.735. The van der Waals surface area contributed by atoms with Crippen molar-refractivity contribution in [2.45, 2.75) is 6.54 Å². The third-order valence-corrected chi connectivity index (χ3v) is 2.72. The zero-order chi connectivity index (χ0) is 9.97. The average molecular weight is 227 g/mol. The largest absolute Gasteiger partial charge is 0.295 e. The summed E-state index contributed by atoms with van der Waals surface area (Å²) in [5.41, 5.74) is 0.970. The fraction of sp³-hybridized carbons (Fsp3) is 0.111. The van der Waals surface area contributed by atoms with Gasteiger partial charge >= 0.3 is 0 Å². The van der Waals surface area contributed by atoms with Gasteiger partial charge in [0, 0.05) is 6.07 Å². The topological polar surface area (TPSA) is 34.9 Å². The van der Waals surface area contributed by atoms with Crippen molar-refractivity contribution in [1.82, 2.24) is 9.55 Å². The van der Waals surface area contributed by atoms with E-state index >= 15 is 0 Å². The van der Waals surface area contributed by atoms with Crippen LogP contribution >= 0.6 is 22.9 Å². The normalized spacial score (nSPS) is 10.4. The fourth-order valence-electron chi connectivity index (χ4n) is 1.10. The van der Waals surface area contributed by atoms with Gasteiger partial charge in [-0.05, 0) is 22.4 Å². The lowest BCUT2D eigenvalue weighted by atomic mass is 10.3. The van der Waals surface area contributed by atoms with E-state index in [2.05, 4.69) is 4.98 Å². The highest BCUT2D eigenvalue weighted by Crippen LogP contribution is 2.07. The third-order valence-electron chi connectivity index (χ3n) is 1.78. The number of hydrogen-bond donors (Lipinski definition) is 0. The Bertz CT molecular complexity index is 478. The second-order valence-corrected chi connectivity index (χ2v) is 3.98. The molecular formula is C9H7ClN2OS. The summed E-state index contributed by atoms with van der Waals surface area (Å²) in [6, 6.07) is 3.29. The number of halogens is 1. The van der Waals surface area contributed by atoms with Crippen LogP contribution in [-0.2, 0) is 6.54 Å². The second kappa shape index (κ2) is 3.94. The first kappa shape index (κ1) is 9.43. The van der Waals surface area contributed by atoms with Gasteiger partial charge in [0.05, 0.1) is 12.9 Å². The summed E-state index contributed by atoms with van der Waals surface area (Å²) in [5, 5.41) is 4.21. The van der Waals surface area contributed by atoms with Crippen molar-refractivity contribution in [1.29, 1.82) is 0 Å². The van der Waals surface area contributed by atoms with Crippen molar-refractivity contribution < 1.29 is 0 Å². The van der Waals surface area contributed by atoms with Gasteiger partial charge in [0.25, 0.3) is 5.56 Å². The molecule has 0 aliphatic heterocycles. The molecule has 3 nitrogen and oxygen atoms in total. The molecule has 0 saturated heterocycles. The summed E-state index contributed by atoms with van der Waals surface area (Å²) in [6.45, 7) is 0.548. The van der Waals surface area contributed by atoms with Crippen LogP contribution < -0.4 is 5.56 Å². The molecule has 0 atom stereocenters. The van der Waals surface area contributed by atoms with Crippen LogP contribution in [0.1, 0.15) is 5.56 Å². The van der Waals surface area contributed by atoms with E-state index in [1.807, 2.05) is 16.8 Å². The minimum absolute atomic E-state index is 0.129. The molecule has 0 amide bonds. The first-order valence-corrected chi connectivity index (χ1v) is 5.31. The summed E-state index contributed by atoms with van der Waals surface area (Å²) in [4.78, 5) is 15.3. The van der Waals surface area contributed by atoms with Crippen molar-refractivity contribution in [2.24, 2.45) is 0 Å². The second-order valence-electron chi connectivity index (χ2n) is 2.81. The summed E-state index contributed by atoms with van der Waals surface area (Å²) < 4.78 is 1.52. The van der Waals surface area contributed by atoms with Crippen molar-refractivity contribution in [3.05, 3.63) is 50.3 Å². The monoisotopic (exact) mass is 226 g/mol. The van der Waals surface area contributed by atoms with Crippen LogP contribution in [0, 0.1) is 0 Å². The average Bonchev–Trinajstić information content (AvgIpc) is 2.62. The first-order chi connectivity index (χ1) is 6.75. The van der Waals surface area contributed by atoms with Crippen LogP contribution in [0.25, 0.3) is 0 Å². The highest BCUT2D eigenvalue weighted by molar-refractivity contribution is 7.07. The van der Waals surface area contributed by atoms with Crippen molar-refractivity contribution in [3.8, 4) is 0 Å². The zero-order valence-corrected chi connectivity index (χ0v) is 8.76. The Morgan fingerprint density at radius 3 is 3.07 bits per heavy atom. The van der Waals surface area contributed by atoms with Gasteiger partial charge < -0.3 is 0 Å². The first-order valence-electron chi connectivity index (χ1n) is 3.99. The zero-order valence-electron chi connectivity index (χ0n) is 7.18. The molecule has 5 heteroatoms. The fourth-order valence-corrected chi connectivity index (χ4v) is 1.90. The maximum absolute atomic E-state index is 11.4. The van der Waals surface area contributed by atoms with Crippen LogP contribution in [0.2, 0.25) is 5.15 Å². The van der Waals surface area contributed by atoms with Gasteiger partial charge in [0.15, 0.2) is 0 Å². The highest BCUT2D eigenvalue weighted by atomic mass is 35.5. The molecule has 0 aromatic carbocycles. The molecule has 0 unspecified atom stereocenters. The smallest absolute Gasteiger partial charge is 0.255 e. The molecule has 2 heterocycles. The Morgan fingerprint density at radius 1 is 1.57 bits per heavy atom. The number of thiophene rings is 1. The molecule has 2 aromatic rings. The summed E-state index contributed by atoms with van der Waals surface area (Å²) in [7, 11) is 0. The molecule has 2 rings (SSSR count). The Morgan fingerprint density at radius 2 is 2.43 bits per heavy atom. The Hall–Kier alpha value is -1.13. The predicted molar refractivity (Wildman–Crippen MR) is 56.9 cm³/mol. The summed E-state index contributed by atoms with van der Waals surface area (Å²) in [5.74, 6) is 0. The number of hydrogen-bond acceptors (Lipinski definition) is 3. The molecule has 0 aliphatic carbocycles. The highest BCUT2D eigenvalue weighted by Gasteiger charge is 1.99. The molecule has 0 aliphatic rings. The van der Waals surface area contributed by atoms with Crippen molar-refractivity contribution >= 4 is 22.9 Å². The van der Waals surface area contributed by atoms with E-state index in [4.69, 9.17) is 11.6 Å². The van der Waals surface area contributed by atoms with E-state index < -0.39 is 0 Å². The molecule has 0 bridgehead atoms. The number of rotatable bonds is 2. The maximum Gasteiger partial charge on any atom is 0.255 e. The standard InChI is InChI=1S/C9H7ClN2OS/c10-8-3-9(13)12(6-11-8)4-7-1-2-14-5-7/h1-3,5-6H,4H2. The molecule has 72 valence electrons. The lowest BCUT2D eigenvalue weighted by Gasteiger charge is -2.01. The number of aromatic nitrogens is 2. The van der Waals surface area contributed by atoms with Crippen LogP contribution in [-0.4, -0.2) is 9.55 Å². The van der Waals surface area contributed by atoms with Gasteiger partial charge in [-0.25, -0.2) is 4.98 Å². The molecule has 0 N–H and O–H groups in total. The van der Waals surface area contributed by atoms with Crippen LogP contribution in [0.4, 0.5) is 0 Å². The predicted octanol–water partition coefficient (Wildman–Crippen LogP) is 2.01. The molecule has 0 radical (unpaired) electrons. The molecule has 0 spiro atoms. The van der Waals surface area contributed by atoms with Gasteiger partial charge in [-0.2, -0.15) is 11.3 Å². The van der Waals surface area contributed by atoms with E-state index in [1.165, 1.54) is 17.0 Å². The van der Waals surface area contributed by atoms with Crippen LogP contribution in [0.15, 0.2) is 34.0 Å². The van der Waals surface area contributed by atoms with Crippen LogP contribution in [0.5, 0.6) is 0 Å². The van der Waals surface area contributed by atoms with Crippen LogP contribution in [0.3, 0.4) is 0 Å². The Balaban J connectivity index is 2.30. The minimum atomic E-state index is -0.129. The van der Waals surface area contributed by atoms with E-state index in [1.54, 1.807) is 11.3 Å². The van der Waals surface area contributed by atoms with Gasteiger partial charge in [-0.3, -0.25) is 9.36 Å². The van der Waals surface area contributed by atoms with Gasteiger partial charge in [0.1, 0.15) is 5.15 Å². The molecular weight excluding hydrogens is 220 g/mol. The van der Waals surface area contributed by atoms with E-state index in [0.717, 1.165) is 5.56 Å².